The van der Waals surface area contributed by atoms with Gasteiger partial charge in [-0.05, 0) is 49.6 Å². The summed E-state index contributed by atoms with van der Waals surface area (Å²) in [6.07, 6.45) is 1.68. The monoisotopic (exact) mass is 411 g/mol. The van der Waals surface area contributed by atoms with Gasteiger partial charge in [0.05, 0.1) is 23.4 Å². The van der Waals surface area contributed by atoms with Gasteiger partial charge in [-0.2, -0.15) is 0 Å². The van der Waals surface area contributed by atoms with E-state index in [0.29, 0.717) is 22.7 Å². The van der Waals surface area contributed by atoms with E-state index in [9.17, 15) is 13.2 Å². The Morgan fingerprint density at radius 3 is 2.52 bits per heavy atom. The van der Waals surface area contributed by atoms with Crippen molar-refractivity contribution < 1.29 is 17.9 Å². The highest BCUT2D eigenvalue weighted by Gasteiger charge is 2.28. The van der Waals surface area contributed by atoms with Gasteiger partial charge in [0.1, 0.15) is 5.75 Å². The number of hydrogen-bond donors (Lipinski definition) is 3. The van der Waals surface area contributed by atoms with Crippen LogP contribution in [0.4, 0.5) is 11.4 Å². The van der Waals surface area contributed by atoms with Gasteiger partial charge in [0.15, 0.2) is 0 Å². The Bertz CT molecular complexity index is 959. The van der Waals surface area contributed by atoms with E-state index < -0.39 is 15.9 Å². The predicted molar refractivity (Wildman–Crippen MR) is 107 cm³/mol. The lowest BCUT2D eigenvalue weighted by molar-refractivity contribution is 0.102. The predicted octanol–water partition coefficient (Wildman–Crippen LogP) is 2.70. The molecule has 4 N–H and O–H groups in total. The number of sulfonamides is 1. The van der Waals surface area contributed by atoms with Crippen molar-refractivity contribution in [2.45, 2.75) is 30.7 Å². The lowest BCUT2D eigenvalue weighted by Crippen LogP contribution is -2.26. The van der Waals surface area contributed by atoms with E-state index in [1.807, 2.05) is 0 Å². The van der Waals surface area contributed by atoms with E-state index >= 15 is 0 Å². The molecule has 0 unspecified atom stereocenters. The number of carbonyl (C=O) groups is 1. The Balaban J connectivity index is 0.00000261. The number of halogens is 1. The van der Waals surface area contributed by atoms with Crippen LogP contribution in [0.3, 0.4) is 0 Å². The molecule has 0 aliphatic heterocycles. The molecule has 2 aromatic carbocycles. The Morgan fingerprint density at radius 2 is 1.89 bits per heavy atom. The normalized spacial score (nSPS) is 13.6. The number of carbonyl (C=O) groups excluding carboxylic acids is 1. The third-order valence-electron chi connectivity index (χ3n) is 4.17. The lowest BCUT2D eigenvalue weighted by Gasteiger charge is -2.13. The van der Waals surface area contributed by atoms with Crippen molar-refractivity contribution in [3.63, 3.8) is 0 Å². The van der Waals surface area contributed by atoms with Crippen LogP contribution in [-0.2, 0) is 10.0 Å². The topological polar surface area (TPSA) is 111 Å². The fraction of sp³-hybridized carbons (Fsp3) is 0.278. The van der Waals surface area contributed by atoms with Crippen LogP contribution >= 0.6 is 12.4 Å². The summed E-state index contributed by atoms with van der Waals surface area (Å²) in [5, 5.41) is 2.71. The average molecular weight is 412 g/mol. The van der Waals surface area contributed by atoms with Gasteiger partial charge < -0.3 is 15.8 Å². The number of benzene rings is 2. The second-order valence-electron chi connectivity index (χ2n) is 6.28. The number of amides is 1. The molecule has 1 aliphatic rings. The van der Waals surface area contributed by atoms with E-state index in [2.05, 4.69) is 10.0 Å². The molecule has 2 aromatic rings. The Labute approximate surface area is 164 Å². The molecule has 0 aromatic heterocycles. The molecule has 27 heavy (non-hydrogen) atoms. The van der Waals surface area contributed by atoms with E-state index in [-0.39, 0.29) is 28.9 Å². The lowest BCUT2D eigenvalue weighted by atomic mass is 10.1. The van der Waals surface area contributed by atoms with Crippen LogP contribution in [0.25, 0.3) is 0 Å². The second kappa shape index (κ2) is 8.16. The Hall–Kier alpha value is -2.29. The van der Waals surface area contributed by atoms with Crippen molar-refractivity contribution in [1.29, 1.82) is 0 Å². The zero-order valence-corrected chi connectivity index (χ0v) is 16.6. The molecule has 146 valence electrons. The van der Waals surface area contributed by atoms with Crippen LogP contribution < -0.4 is 20.5 Å². The maximum atomic E-state index is 12.7. The highest BCUT2D eigenvalue weighted by atomic mass is 35.5. The number of aryl methyl sites for hydroxylation is 1. The van der Waals surface area contributed by atoms with Gasteiger partial charge in [-0.1, -0.05) is 6.07 Å². The Morgan fingerprint density at radius 1 is 1.19 bits per heavy atom. The van der Waals surface area contributed by atoms with Crippen LogP contribution in [0.5, 0.6) is 5.75 Å². The number of ether oxygens (including phenoxy) is 1. The van der Waals surface area contributed by atoms with Gasteiger partial charge in [-0.25, -0.2) is 13.1 Å². The van der Waals surface area contributed by atoms with Gasteiger partial charge in [0, 0.05) is 17.7 Å². The highest BCUT2D eigenvalue weighted by molar-refractivity contribution is 7.89. The SMILES string of the molecule is COc1ccc(N)c(NC(=O)c2cc(S(=O)(=O)NC3CC3)ccc2C)c1.Cl. The second-order valence-corrected chi connectivity index (χ2v) is 7.99. The molecule has 0 saturated heterocycles. The minimum atomic E-state index is -3.64. The maximum Gasteiger partial charge on any atom is 0.256 e. The zero-order chi connectivity index (χ0) is 18.9. The molecule has 0 spiro atoms. The van der Waals surface area contributed by atoms with Crippen LogP contribution in [0.15, 0.2) is 41.3 Å². The minimum Gasteiger partial charge on any atom is -0.497 e. The first-order valence-electron chi connectivity index (χ1n) is 8.18. The first kappa shape index (κ1) is 21.0. The zero-order valence-electron chi connectivity index (χ0n) is 15.0. The standard InChI is InChI=1S/C18H21N3O4S.ClH/c1-11-3-7-14(26(23,24)21-12-4-5-12)10-15(11)18(22)20-17-9-13(25-2)6-8-16(17)19;/h3,6-10,12,21H,4-5,19H2,1-2H3,(H,20,22);1H. The summed E-state index contributed by atoms with van der Waals surface area (Å²) in [6.45, 7) is 1.74. The maximum absolute atomic E-state index is 12.7. The summed E-state index contributed by atoms with van der Waals surface area (Å²) < 4.78 is 32.5. The van der Waals surface area contributed by atoms with Crippen molar-refractivity contribution >= 4 is 39.7 Å². The van der Waals surface area contributed by atoms with Crippen molar-refractivity contribution in [3.05, 3.63) is 47.5 Å². The molecular weight excluding hydrogens is 390 g/mol. The summed E-state index contributed by atoms with van der Waals surface area (Å²) in [5.41, 5.74) is 7.61. The molecule has 1 fully saturated rings. The molecule has 1 aliphatic carbocycles. The first-order valence-corrected chi connectivity index (χ1v) is 9.66. The quantitative estimate of drug-likeness (QED) is 0.633. The van der Waals surface area contributed by atoms with Crippen LogP contribution in [0, 0.1) is 6.92 Å². The van der Waals surface area contributed by atoms with E-state index in [4.69, 9.17) is 10.5 Å². The molecule has 1 saturated carbocycles. The van der Waals surface area contributed by atoms with Gasteiger partial charge in [-0.15, -0.1) is 12.4 Å². The number of hydrogen-bond acceptors (Lipinski definition) is 5. The van der Waals surface area contributed by atoms with Crippen molar-refractivity contribution in [3.8, 4) is 5.75 Å². The molecular formula is C18H22ClN3O4S. The van der Waals surface area contributed by atoms with E-state index in [1.54, 1.807) is 31.2 Å². The van der Waals surface area contributed by atoms with Crippen LogP contribution in [0.1, 0.15) is 28.8 Å². The number of anilines is 2. The van der Waals surface area contributed by atoms with E-state index in [1.165, 1.54) is 19.2 Å². The third-order valence-corrected chi connectivity index (χ3v) is 5.69. The molecule has 3 rings (SSSR count). The summed E-state index contributed by atoms with van der Waals surface area (Å²) in [5.74, 6) is 0.113. The van der Waals surface area contributed by atoms with Gasteiger partial charge >= 0.3 is 0 Å². The van der Waals surface area contributed by atoms with Crippen molar-refractivity contribution in [1.82, 2.24) is 4.72 Å². The van der Waals surface area contributed by atoms with Crippen LogP contribution in [-0.4, -0.2) is 27.5 Å². The molecule has 7 nitrogen and oxygen atoms in total. The fourth-order valence-electron chi connectivity index (χ4n) is 2.46. The van der Waals surface area contributed by atoms with E-state index in [0.717, 1.165) is 12.8 Å². The van der Waals surface area contributed by atoms with Crippen molar-refractivity contribution in [2.75, 3.05) is 18.2 Å². The molecule has 1 amide bonds. The summed E-state index contributed by atoms with van der Waals surface area (Å²) >= 11 is 0. The fourth-order valence-corrected chi connectivity index (χ4v) is 3.79. The molecule has 0 radical (unpaired) electrons. The van der Waals surface area contributed by atoms with Crippen LogP contribution in [0.2, 0.25) is 0 Å². The highest BCUT2D eigenvalue weighted by Crippen LogP contribution is 2.26. The third kappa shape index (κ3) is 4.91. The van der Waals surface area contributed by atoms with Gasteiger partial charge in [0.25, 0.3) is 5.91 Å². The number of nitrogens with one attached hydrogen (secondary N) is 2. The number of nitrogens with two attached hydrogens (primary N) is 1. The molecule has 9 heteroatoms. The number of methoxy groups -OCH3 is 1. The largest absolute Gasteiger partial charge is 0.497 e. The minimum absolute atomic E-state index is 0. The number of nitrogen functional groups attached to an aromatic ring is 1. The summed E-state index contributed by atoms with van der Waals surface area (Å²) in [4.78, 5) is 12.7. The molecule has 0 bridgehead atoms. The first-order chi connectivity index (χ1) is 12.3. The summed E-state index contributed by atoms with van der Waals surface area (Å²) in [6, 6.07) is 9.41. The average Bonchev–Trinajstić information content (AvgIpc) is 3.40. The van der Waals surface area contributed by atoms with Gasteiger partial charge in [0.2, 0.25) is 10.0 Å². The van der Waals surface area contributed by atoms with Gasteiger partial charge in [-0.3, -0.25) is 4.79 Å². The number of rotatable bonds is 6. The molecule has 0 atom stereocenters. The van der Waals surface area contributed by atoms with Crippen molar-refractivity contribution in [2.24, 2.45) is 0 Å². The summed E-state index contributed by atoms with van der Waals surface area (Å²) in [7, 11) is -2.12. The smallest absolute Gasteiger partial charge is 0.256 e. The Kier molecular flexibility index (Phi) is 6.35. The molecule has 0 heterocycles.